The molecule has 0 spiro atoms. The third kappa shape index (κ3) is 4.10. The molecule has 1 aromatic heterocycles. The molecule has 1 saturated heterocycles. The maximum atomic E-state index is 13.5. The van der Waals surface area contributed by atoms with Crippen LogP contribution in [-0.2, 0) is 11.3 Å². The number of aromatic nitrogens is 1. The molecule has 1 aromatic carbocycles. The van der Waals surface area contributed by atoms with Crippen molar-refractivity contribution in [1.82, 2.24) is 9.88 Å². The molecule has 1 amide bonds. The van der Waals surface area contributed by atoms with Crippen molar-refractivity contribution in [3.05, 3.63) is 45.9 Å². The van der Waals surface area contributed by atoms with Crippen LogP contribution >= 0.6 is 11.3 Å². The third-order valence-electron chi connectivity index (χ3n) is 3.43. The first-order valence-corrected chi connectivity index (χ1v) is 8.01. The summed E-state index contributed by atoms with van der Waals surface area (Å²) in [6, 6.07) is 2.99. The van der Waals surface area contributed by atoms with Crippen LogP contribution in [0.5, 0.6) is 0 Å². The number of carbonyl (C=O) groups is 1. The first kappa shape index (κ1) is 16.0. The normalized spacial score (nSPS) is 15.6. The Kier molecular flexibility index (Phi) is 4.94. The molecule has 122 valence electrons. The molecule has 0 bridgehead atoms. The second kappa shape index (κ2) is 7.12. The Balaban J connectivity index is 1.63. The van der Waals surface area contributed by atoms with Crippen molar-refractivity contribution < 1.29 is 18.3 Å². The Hall–Kier alpha value is -1.90. The molecular formula is C15H15F2N3O2S. The molecule has 5 nitrogen and oxygen atoms in total. The Bertz CT molecular complexity index is 702. The number of hydrogen-bond donors (Lipinski definition) is 1. The smallest absolute Gasteiger partial charge is 0.275 e. The fourth-order valence-electron chi connectivity index (χ4n) is 2.22. The molecule has 0 aliphatic carbocycles. The van der Waals surface area contributed by atoms with E-state index >= 15 is 0 Å². The molecule has 2 aromatic rings. The average Bonchev–Trinajstić information content (AvgIpc) is 3.00. The molecule has 23 heavy (non-hydrogen) atoms. The molecular weight excluding hydrogens is 324 g/mol. The van der Waals surface area contributed by atoms with Crippen molar-refractivity contribution in [3.63, 3.8) is 0 Å². The second-order valence-electron chi connectivity index (χ2n) is 5.09. The molecule has 2 heterocycles. The largest absolute Gasteiger partial charge is 0.379 e. The van der Waals surface area contributed by atoms with Crippen LogP contribution in [0.25, 0.3) is 0 Å². The van der Waals surface area contributed by atoms with Gasteiger partial charge in [0.2, 0.25) is 0 Å². The fourth-order valence-corrected chi connectivity index (χ4v) is 3.03. The number of anilines is 1. The lowest BCUT2D eigenvalue weighted by atomic mass is 10.3. The van der Waals surface area contributed by atoms with Crippen molar-refractivity contribution in [2.75, 3.05) is 31.6 Å². The molecule has 0 atom stereocenters. The Morgan fingerprint density at radius 2 is 2.13 bits per heavy atom. The summed E-state index contributed by atoms with van der Waals surface area (Å²) in [6.07, 6.45) is 0. The van der Waals surface area contributed by atoms with Crippen molar-refractivity contribution in [2.24, 2.45) is 0 Å². The van der Waals surface area contributed by atoms with Gasteiger partial charge in [0.25, 0.3) is 5.91 Å². The zero-order valence-electron chi connectivity index (χ0n) is 12.2. The number of nitrogens with one attached hydrogen (secondary N) is 1. The molecule has 8 heteroatoms. The molecule has 1 fully saturated rings. The lowest BCUT2D eigenvalue weighted by Crippen LogP contribution is -2.35. The minimum Gasteiger partial charge on any atom is -0.379 e. The van der Waals surface area contributed by atoms with Gasteiger partial charge >= 0.3 is 0 Å². The van der Waals surface area contributed by atoms with Gasteiger partial charge in [-0.05, 0) is 12.1 Å². The van der Waals surface area contributed by atoms with E-state index in [4.69, 9.17) is 4.74 Å². The van der Waals surface area contributed by atoms with E-state index < -0.39 is 17.5 Å². The standard InChI is InChI=1S/C15H15F2N3O2S/c16-10-1-2-12(11(17)7-10)19-15(21)13-9-23-14(18-13)8-20-3-5-22-6-4-20/h1-2,7,9H,3-6,8H2,(H,19,21). The van der Waals surface area contributed by atoms with Crippen molar-refractivity contribution in [2.45, 2.75) is 6.54 Å². The van der Waals surface area contributed by atoms with Crippen LogP contribution in [0, 0.1) is 11.6 Å². The number of carbonyl (C=O) groups excluding carboxylic acids is 1. The number of ether oxygens (including phenoxy) is 1. The van der Waals surface area contributed by atoms with E-state index in [1.54, 1.807) is 5.38 Å². The monoisotopic (exact) mass is 339 g/mol. The molecule has 0 saturated carbocycles. The van der Waals surface area contributed by atoms with Gasteiger partial charge in [-0.15, -0.1) is 11.3 Å². The van der Waals surface area contributed by atoms with E-state index in [1.807, 2.05) is 0 Å². The molecule has 0 radical (unpaired) electrons. The SMILES string of the molecule is O=C(Nc1ccc(F)cc1F)c1csc(CN2CCOCC2)n1. The van der Waals surface area contributed by atoms with E-state index in [2.05, 4.69) is 15.2 Å². The van der Waals surface area contributed by atoms with E-state index in [0.29, 0.717) is 19.8 Å². The zero-order chi connectivity index (χ0) is 16.2. The van der Waals surface area contributed by atoms with Crippen LogP contribution in [-0.4, -0.2) is 42.1 Å². The minimum atomic E-state index is -0.817. The second-order valence-corrected chi connectivity index (χ2v) is 6.04. The van der Waals surface area contributed by atoms with Gasteiger partial charge < -0.3 is 10.1 Å². The van der Waals surface area contributed by atoms with Gasteiger partial charge in [0, 0.05) is 24.5 Å². The predicted molar refractivity (Wildman–Crippen MR) is 82.5 cm³/mol. The van der Waals surface area contributed by atoms with Crippen LogP contribution in [0.3, 0.4) is 0 Å². The third-order valence-corrected chi connectivity index (χ3v) is 4.26. The lowest BCUT2D eigenvalue weighted by molar-refractivity contribution is 0.0341. The van der Waals surface area contributed by atoms with Crippen LogP contribution in [0.1, 0.15) is 15.5 Å². The number of hydrogen-bond acceptors (Lipinski definition) is 5. The Morgan fingerprint density at radius 1 is 1.35 bits per heavy atom. The first-order valence-electron chi connectivity index (χ1n) is 7.13. The van der Waals surface area contributed by atoms with Crippen molar-refractivity contribution in [1.29, 1.82) is 0 Å². The predicted octanol–water partition coefficient (Wildman–Crippen LogP) is 2.51. The lowest BCUT2D eigenvalue weighted by Gasteiger charge is -2.25. The maximum Gasteiger partial charge on any atom is 0.275 e. The highest BCUT2D eigenvalue weighted by Gasteiger charge is 2.16. The van der Waals surface area contributed by atoms with Gasteiger partial charge in [0.15, 0.2) is 0 Å². The highest BCUT2D eigenvalue weighted by Crippen LogP contribution is 2.18. The van der Waals surface area contributed by atoms with Crippen molar-refractivity contribution in [3.8, 4) is 0 Å². The molecule has 1 aliphatic rings. The highest BCUT2D eigenvalue weighted by atomic mass is 32.1. The topological polar surface area (TPSA) is 54.5 Å². The number of morpholine rings is 1. The van der Waals surface area contributed by atoms with Crippen LogP contribution in [0.2, 0.25) is 0 Å². The van der Waals surface area contributed by atoms with Gasteiger partial charge in [-0.2, -0.15) is 0 Å². The summed E-state index contributed by atoms with van der Waals surface area (Å²) in [6.45, 7) is 3.72. The number of nitrogens with zero attached hydrogens (tertiary/aromatic N) is 2. The van der Waals surface area contributed by atoms with Crippen LogP contribution in [0.4, 0.5) is 14.5 Å². The fraction of sp³-hybridized carbons (Fsp3) is 0.333. The number of halogens is 2. The summed E-state index contributed by atoms with van der Waals surface area (Å²) in [5.41, 5.74) is 0.154. The summed E-state index contributed by atoms with van der Waals surface area (Å²) in [5, 5.41) is 4.85. The summed E-state index contributed by atoms with van der Waals surface area (Å²) < 4.78 is 31.7. The summed E-state index contributed by atoms with van der Waals surface area (Å²) in [7, 11) is 0. The van der Waals surface area contributed by atoms with Gasteiger partial charge in [0.05, 0.1) is 25.4 Å². The van der Waals surface area contributed by atoms with Crippen molar-refractivity contribution >= 4 is 22.9 Å². The minimum absolute atomic E-state index is 0.0703. The van der Waals surface area contributed by atoms with E-state index in [1.165, 1.54) is 17.4 Å². The van der Waals surface area contributed by atoms with Gasteiger partial charge in [0.1, 0.15) is 22.3 Å². The Morgan fingerprint density at radius 3 is 2.87 bits per heavy atom. The summed E-state index contributed by atoms with van der Waals surface area (Å²) in [4.78, 5) is 18.6. The molecule has 1 aliphatic heterocycles. The maximum absolute atomic E-state index is 13.5. The van der Waals surface area contributed by atoms with Crippen LogP contribution < -0.4 is 5.32 Å². The zero-order valence-corrected chi connectivity index (χ0v) is 13.0. The van der Waals surface area contributed by atoms with Gasteiger partial charge in [-0.25, -0.2) is 13.8 Å². The highest BCUT2D eigenvalue weighted by molar-refractivity contribution is 7.09. The van der Waals surface area contributed by atoms with E-state index in [-0.39, 0.29) is 11.4 Å². The summed E-state index contributed by atoms with van der Waals surface area (Å²) in [5.74, 6) is -2.02. The Labute approximate surface area is 135 Å². The first-order chi connectivity index (χ1) is 11.1. The van der Waals surface area contributed by atoms with E-state index in [9.17, 15) is 13.6 Å². The number of thiazole rings is 1. The van der Waals surface area contributed by atoms with E-state index in [0.717, 1.165) is 30.2 Å². The molecule has 1 N–H and O–H groups in total. The average molecular weight is 339 g/mol. The molecule has 3 rings (SSSR count). The van der Waals surface area contributed by atoms with Crippen LogP contribution in [0.15, 0.2) is 23.6 Å². The number of amides is 1. The number of benzene rings is 1. The molecule has 0 unspecified atom stereocenters. The van der Waals surface area contributed by atoms with Gasteiger partial charge in [-0.1, -0.05) is 0 Å². The number of rotatable bonds is 4. The van der Waals surface area contributed by atoms with Gasteiger partial charge in [-0.3, -0.25) is 9.69 Å². The summed E-state index contributed by atoms with van der Waals surface area (Å²) >= 11 is 1.38. The quantitative estimate of drug-likeness (QED) is 0.930.